The minimum absolute atomic E-state index is 0.0372. The zero-order valence-electron chi connectivity index (χ0n) is 15.7. The Hall–Kier alpha value is -3.12. The van der Waals surface area contributed by atoms with Crippen LogP contribution in [-0.2, 0) is 11.3 Å². The molecule has 0 saturated carbocycles. The fourth-order valence-electron chi connectivity index (χ4n) is 3.53. The molecule has 1 saturated heterocycles. The van der Waals surface area contributed by atoms with Crippen molar-refractivity contribution in [3.8, 4) is 5.75 Å². The van der Waals surface area contributed by atoms with Crippen LogP contribution in [0.25, 0.3) is 6.08 Å². The molecule has 6 heteroatoms. The lowest BCUT2D eigenvalue weighted by atomic mass is 9.88. The maximum atomic E-state index is 12.5. The van der Waals surface area contributed by atoms with Gasteiger partial charge in [0.15, 0.2) is 0 Å². The highest BCUT2D eigenvalue weighted by Crippen LogP contribution is 2.28. The number of phenols is 1. The molecular formula is C22H25N3O3. The topological polar surface area (TPSA) is 110 Å². The van der Waals surface area contributed by atoms with Crippen LogP contribution in [0.15, 0.2) is 48.5 Å². The molecule has 1 aliphatic rings. The first-order valence-corrected chi connectivity index (χ1v) is 9.36. The lowest BCUT2D eigenvalue weighted by molar-refractivity contribution is -0.126. The van der Waals surface area contributed by atoms with Gasteiger partial charge in [0.05, 0.1) is 5.56 Å². The number of rotatable bonds is 5. The zero-order valence-corrected chi connectivity index (χ0v) is 15.7. The van der Waals surface area contributed by atoms with Crippen LogP contribution in [0.4, 0.5) is 0 Å². The highest BCUT2D eigenvalue weighted by Gasteiger charge is 2.22. The Bertz CT molecular complexity index is 900. The summed E-state index contributed by atoms with van der Waals surface area (Å²) in [6.45, 7) is 1.93. The van der Waals surface area contributed by atoms with Gasteiger partial charge in [-0.25, -0.2) is 0 Å². The maximum absolute atomic E-state index is 12.5. The summed E-state index contributed by atoms with van der Waals surface area (Å²) in [6.07, 6.45) is 4.95. The number of nitrogens with two attached hydrogens (primary N) is 2. The molecule has 2 aromatic rings. The standard InChI is InChI=1S/C22H25N3O3/c23-14-16-2-1-3-18(12-16)17-8-10-25(11-9-17)21(27)7-5-15-4-6-20(26)19(13-15)22(24)28/h1-7,12-13,17,26H,8-11,14,23H2,(H2,24,28). The quantitative estimate of drug-likeness (QED) is 0.693. The molecule has 146 valence electrons. The van der Waals surface area contributed by atoms with Crippen LogP contribution in [0.5, 0.6) is 5.75 Å². The summed E-state index contributed by atoms with van der Waals surface area (Å²) in [5.41, 5.74) is 14.0. The second-order valence-corrected chi connectivity index (χ2v) is 7.02. The summed E-state index contributed by atoms with van der Waals surface area (Å²) >= 11 is 0. The highest BCUT2D eigenvalue weighted by molar-refractivity contribution is 5.97. The van der Waals surface area contributed by atoms with E-state index in [4.69, 9.17) is 11.5 Å². The van der Waals surface area contributed by atoms with E-state index in [1.807, 2.05) is 17.0 Å². The van der Waals surface area contributed by atoms with Gasteiger partial charge < -0.3 is 21.5 Å². The second-order valence-electron chi connectivity index (χ2n) is 7.02. The molecule has 0 atom stereocenters. The number of aromatic hydroxyl groups is 1. The van der Waals surface area contributed by atoms with E-state index in [9.17, 15) is 14.7 Å². The molecule has 0 aliphatic carbocycles. The van der Waals surface area contributed by atoms with E-state index in [-0.39, 0.29) is 17.2 Å². The van der Waals surface area contributed by atoms with Crippen LogP contribution in [0.1, 0.15) is 45.8 Å². The maximum Gasteiger partial charge on any atom is 0.252 e. The SMILES string of the molecule is NCc1cccc(C2CCN(C(=O)C=Cc3ccc(O)c(C(N)=O)c3)CC2)c1. The summed E-state index contributed by atoms with van der Waals surface area (Å²) in [5, 5.41) is 9.63. The van der Waals surface area contributed by atoms with Crippen molar-refractivity contribution in [1.82, 2.24) is 4.90 Å². The number of carbonyl (C=O) groups is 2. The van der Waals surface area contributed by atoms with E-state index in [1.54, 1.807) is 12.1 Å². The van der Waals surface area contributed by atoms with Crippen molar-refractivity contribution in [1.29, 1.82) is 0 Å². The highest BCUT2D eigenvalue weighted by atomic mass is 16.3. The first-order valence-electron chi connectivity index (χ1n) is 9.36. The molecule has 1 aliphatic heterocycles. The van der Waals surface area contributed by atoms with E-state index in [0.717, 1.165) is 18.4 Å². The Kier molecular flexibility index (Phi) is 6.11. The molecule has 3 rings (SSSR count). The number of carbonyl (C=O) groups excluding carboxylic acids is 2. The lowest BCUT2D eigenvalue weighted by Gasteiger charge is -2.31. The molecule has 2 aromatic carbocycles. The summed E-state index contributed by atoms with van der Waals surface area (Å²) in [7, 11) is 0. The van der Waals surface area contributed by atoms with E-state index in [1.165, 1.54) is 23.8 Å². The first kappa shape index (κ1) is 19.6. The Morgan fingerprint density at radius 3 is 2.57 bits per heavy atom. The molecule has 0 bridgehead atoms. The van der Waals surface area contributed by atoms with Crippen molar-refractivity contribution in [2.24, 2.45) is 11.5 Å². The van der Waals surface area contributed by atoms with Crippen molar-refractivity contribution in [3.05, 3.63) is 70.8 Å². The summed E-state index contributed by atoms with van der Waals surface area (Å²) in [4.78, 5) is 25.6. The molecule has 0 unspecified atom stereocenters. The first-order chi connectivity index (χ1) is 13.5. The lowest BCUT2D eigenvalue weighted by Crippen LogP contribution is -2.36. The second kappa shape index (κ2) is 8.71. The molecule has 2 amide bonds. The molecule has 1 fully saturated rings. The number of hydrogen-bond acceptors (Lipinski definition) is 4. The monoisotopic (exact) mass is 379 g/mol. The van der Waals surface area contributed by atoms with Crippen LogP contribution in [-0.4, -0.2) is 34.9 Å². The molecule has 5 N–H and O–H groups in total. The van der Waals surface area contributed by atoms with Gasteiger partial charge in [-0.05, 0) is 53.7 Å². The molecule has 1 heterocycles. The van der Waals surface area contributed by atoms with Gasteiger partial charge in [0.2, 0.25) is 5.91 Å². The zero-order chi connectivity index (χ0) is 20.1. The summed E-state index contributed by atoms with van der Waals surface area (Å²) in [6, 6.07) is 12.8. The van der Waals surface area contributed by atoms with Gasteiger partial charge in [0.1, 0.15) is 5.75 Å². The molecular weight excluding hydrogens is 354 g/mol. The molecule has 28 heavy (non-hydrogen) atoms. The minimum atomic E-state index is -0.708. The molecule has 0 spiro atoms. The van der Waals surface area contributed by atoms with Crippen molar-refractivity contribution in [2.75, 3.05) is 13.1 Å². The van der Waals surface area contributed by atoms with Gasteiger partial charge in [-0.1, -0.05) is 30.3 Å². The van der Waals surface area contributed by atoms with Crippen molar-refractivity contribution in [2.45, 2.75) is 25.3 Å². The summed E-state index contributed by atoms with van der Waals surface area (Å²) in [5.74, 6) is -0.505. The Morgan fingerprint density at radius 1 is 1.14 bits per heavy atom. The van der Waals surface area contributed by atoms with E-state index in [2.05, 4.69) is 12.1 Å². The number of amides is 2. The average Bonchev–Trinajstić information content (AvgIpc) is 2.73. The van der Waals surface area contributed by atoms with Gasteiger partial charge >= 0.3 is 0 Å². The predicted octanol–water partition coefficient (Wildman–Crippen LogP) is 2.37. The number of primary amides is 1. The third kappa shape index (κ3) is 4.58. The number of piperidine rings is 1. The van der Waals surface area contributed by atoms with Crippen molar-refractivity contribution in [3.63, 3.8) is 0 Å². The van der Waals surface area contributed by atoms with Gasteiger partial charge in [0.25, 0.3) is 5.91 Å². The van der Waals surface area contributed by atoms with Crippen LogP contribution < -0.4 is 11.5 Å². The Balaban J connectivity index is 1.60. The van der Waals surface area contributed by atoms with Crippen molar-refractivity contribution < 1.29 is 14.7 Å². The molecule has 0 radical (unpaired) electrons. The minimum Gasteiger partial charge on any atom is -0.507 e. The summed E-state index contributed by atoms with van der Waals surface area (Å²) < 4.78 is 0. The molecule has 0 aromatic heterocycles. The third-order valence-corrected chi connectivity index (χ3v) is 5.17. The van der Waals surface area contributed by atoms with Gasteiger partial charge in [-0.15, -0.1) is 0 Å². The van der Waals surface area contributed by atoms with Crippen LogP contribution in [0, 0.1) is 0 Å². The van der Waals surface area contributed by atoms with Crippen molar-refractivity contribution >= 4 is 17.9 Å². The van der Waals surface area contributed by atoms with Crippen LogP contribution in [0.3, 0.4) is 0 Å². The number of hydrogen-bond donors (Lipinski definition) is 3. The van der Waals surface area contributed by atoms with E-state index < -0.39 is 5.91 Å². The fourth-order valence-corrected chi connectivity index (χ4v) is 3.53. The van der Waals surface area contributed by atoms with Gasteiger partial charge in [-0.3, -0.25) is 9.59 Å². The predicted molar refractivity (Wildman–Crippen MR) is 109 cm³/mol. The number of benzene rings is 2. The Labute approximate surface area is 164 Å². The average molecular weight is 379 g/mol. The van der Waals surface area contributed by atoms with Gasteiger partial charge in [-0.2, -0.15) is 0 Å². The van der Waals surface area contributed by atoms with Crippen LogP contribution >= 0.6 is 0 Å². The fraction of sp³-hybridized carbons (Fsp3) is 0.273. The van der Waals surface area contributed by atoms with E-state index in [0.29, 0.717) is 31.1 Å². The van der Waals surface area contributed by atoms with Gasteiger partial charge in [0, 0.05) is 25.7 Å². The Morgan fingerprint density at radius 2 is 1.89 bits per heavy atom. The molecule has 6 nitrogen and oxygen atoms in total. The van der Waals surface area contributed by atoms with E-state index >= 15 is 0 Å². The number of likely N-dealkylation sites (tertiary alicyclic amines) is 1. The number of nitrogens with zero attached hydrogens (tertiary/aromatic N) is 1. The smallest absolute Gasteiger partial charge is 0.252 e. The largest absolute Gasteiger partial charge is 0.507 e. The normalized spacial score (nSPS) is 15.1. The third-order valence-electron chi connectivity index (χ3n) is 5.17. The van der Waals surface area contributed by atoms with Crippen LogP contribution in [0.2, 0.25) is 0 Å².